The van der Waals surface area contributed by atoms with Crippen molar-refractivity contribution < 1.29 is 14.3 Å². The van der Waals surface area contributed by atoms with E-state index >= 15 is 0 Å². The molecule has 0 radical (unpaired) electrons. The first-order chi connectivity index (χ1) is 12.3. The molecule has 2 rings (SSSR count). The molecular weight excluding hydrogens is 443 g/mol. The highest BCUT2D eigenvalue weighted by molar-refractivity contribution is 14.1. The van der Waals surface area contributed by atoms with Gasteiger partial charge in [0.15, 0.2) is 6.61 Å². The van der Waals surface area contributed by atoms with E-state index in [9.17, 15) is 9.59 Å². The zero-order valence-electron chi connectivity index (χ0n) is 15.4. The fraction of sp³-hybridized carbons (Fsp3) is 0.300. The molecule has 0 fully saturated rings. The van der Waals surface area contributed by atoms with Gasteiger partial charge in [0.2, 0.25) is 5.91 Å². The predicted octanol–water partition coefficient (Wildman–Crippen LogP) is 3.69. The van der Waals surface area contributed by atoms with Gasteiger partial charge in [0.25, 0.3) is 5.91 Å². The molecule has 2 aromatic rings. The molecule has 0 spiro atoms. The van der Waals surface area contributed by atoms with Crippen LogP contribution in [0.2, 0.25) is 0 Å². The zero-order chi connectivity index (χ0) is 19.3. The number of nitrogens with one attached hydrogen (secondary N) is 1. The Morgan fingerprint density at radius 1 is 1.08 bits per heavy atom. The standard InChI is InChI=1S/C20H23IN2O3/c1-13-9-14(2)20(15(3)10-13)22-18(24)11-23(4)19(25)12-26-17-7-5-16(21)6-8-17/h5-10H,11-12H2,1-4H3,(H,22,24). The second-order valence-electron chi connectivity index (χ2n) is 6.31. The topological polar surface area (TPSA) is 58.6 Å². The number of amides is 2. The molecule has 0 bridgehead atoms. The summed E-state index contributed by atoms with van der Waals surface area (Å²) in [5, 5.41) is 2.90. The summed E-state index contributed by atoms with van der Waals surface area (Å²) in [6, 6.07) is 11.5. The van der Waals surface area contributed by atoms with Gasteiger partial charge < -0.3 is 15.0 Å². The van der Waals surface area contributed by atoms with Gasteiger partial charge in [0, 0.05) is 16.3 Å². The first kappa shape index (κ1) is 20.2. The van der Waals surface area contributed by atoms with E-state index in [1.54, 1.807) is 7.05 Å². The number of rotatable bonds is 6. The van der Waals surface area contributed by atoms with E-state index in [4.69, 9.17) is 4.74 Å². The van der Waals surface area contributed by atoms with Crippen molar-refractivity contribution in [2.24, 2.45) is 0 Å². The van der Waals surface area contributed by atoms with Crippen LogP contribution >= 0.6 is 22.6 Å². The third-order valence-electron chi connectivity index (χ3n) is 3.92. The lowest BCUT2D eigenvalue weighted by molar-refractivity contribution is -0.135. The Balaban J connectivity index is 1.88. The van der Waals surface area contributed by atoms with Gasteiger partial charge in [-0.05, 0) is 78.8 Å². The van der Waals surface area contributed by atoms with E-state index in [1.165, 1.54) is 4.90 Å². The Kier molecular flexibility index (Phi) is 7.02. The number of anilines is 1. The molecule has 0 aliphatic heterocycles. The van der Waals surface area contributed by atoms with Crippen molar-refractivity contribution in [3.8, 4) is 5.75 Å². The van der Waals surface area contributed by atoms with Crippen LogP contribution in [0.5, 0.6) is 5.75 Å². The molecule has 0 aliphatic carbocycles. The van der Waals surface area contributed by atoms with Gasteiger partial charge in [-0.3, -0.25) is 9.59 Å². The molecule has 1 N–H and O–H groups in total. The first-order valence-corrected chi connectivity index (χ1v) is 9.34. The number of carbonyl (C=O) groups is 2. The van der Waals surface area contributed by atoms with Gasteiger partial charge in [-0.15, -0.1) is 0 Å². The third-order valence-corrected chi connectivity index (χ3v) is 4.64. The number of hydrogen-bond donors (Lipinski definition) is 1. The van der Waals surface area contributed by atoms with Crippen LogP contribution in [-0.4, -0.2) is 36.9 Å². The average Bonchev–Trinajstić information content (AvgIpc) is 2.57. The lowest BCUT2D eigenvalue weighted by Gasteiger charge is -2.18. The molecule has 0 heterocycles. The number of aryl methyl sites for hydroxylation is 3. The van der Waals surface area contributed by atoms with Crippen molar-refractivity contribution in [3.63, 3.8) is 0 Å². The molecule has 138 valence electrons. The second-order valence-corrected chi connectivity index (χ2v) is 7.56. The number of likely N-dealkylation sites (N-methyl/N-ethyl adjacent to an activating group) is 1. The van der Waals surface area contributed by atoms with E-state index in [-0.39, 0.29) is 25.0 Å². The number of nitrogens with zero attached hydrogens (tertiary/aromatic N) is 1. The van der Waals surface area contributed by atoms with E-state index < -0.39 is 0 Å². The molecule has 0 aliphatic rings. The molecule has 6 heteroatoms. The molecule has 5 nitrogen and oxygen atoms in total. The summed E-state index contributed by atoms with van der Waals surface area (Å²) in [6.07, 6.45) is 0. The van der Waals surface area contributed by atoms with Gasteiger partial charge in [0.05, 0.1) is 6.54 Å². The van der Waals surface area contributed by atoms with Crippen molar-refractivity contribution in [3.05, 3.63) is 56.7 Å². The van der Waals surface area contributed by atoms with Crippen LogP contribution in [0.4, 0.5) is 5.69 Å². The summed E-state index contributed by atoms with van der Waals surface area (Å²) in [7, 11) is 1.59. The predicted molar refractivity (Wildman–Crippen MR) is 112 cm³/mol. The van der Waals surface area contributed by atoms with Crippen molar-refractivity contribution in [2.75, 3.05) is 25.5 Å². The van der Waals surface area contributed by atoms with E-state index in [2.05, 4.69) is 27.9 Å². The Labute approximate surface area is 167 Å². The molecule has 0 saturated carbocycles. The molecule has 0 atom stereocenters. The van der Waals surface area contributed by atoms with Crippen molar-refractivity contribution in [1.82, 2.24) is 4.90 Å². The maximum absolute atomic E-state index is 12.3. The van der Waals surface area contributed by atoms with Gasteiger partial charge in [-0.1, -0.05) is 17.7 Å². The van der Waals surface area contributed by atoms with Crippen molar-refractivity contribution in [1.29, 1.82) is 0 Å². The van der Waals surface area contributed by atoms with Crippen molar-refractivity contribution >= 4 is 40.1 Å². The minimum Gasteiger partial charge on any atom is -0.484 e. The van der Waals surface area contributed by atoms with Crippen LogP contribution in [0.3, 0.4) is 0 Å². The highest BCUT2D eigenvalue weighted by Gasteiger charge is 2.15. The number of benzene rings is 2. The third kappa shape index (κ3) is 5.72. The SMILES string of the molecule is Cc1cc(C)c(NC(=O)CN(C)C(=O)COc2ccc(I)cc2)c(C)c1. The molecule has 0 unspecified atom stereocenters. The fourth-order valence-electron chi connectivity index (χ4n) is 2.65. The Morgan fingerprint density at radius 2 is 1.65 bits per heavy atom. The zero-order valence-corrected chi connectivity index (χ0v) is 17.6. The Hall–Kier alpha value is -2.09. The van der Waals surface area contributed by atoms with Gasteiger partial charge in [-0.2, -0.15) is 0 Å². The normalized spacial score (nSPS) is 10.3. The maximum atomic E-state index is 12.3. The average molecular weight is 466 g/mol. The summed E-state index contributed by atoms with van der Waals surface area (Å²) >= 11 is 2.20. The second kappa shape index (κ2) is 9.02. The molecular formula is C20H23IN2O3. The lowest BCUT2D eigenvalue weighted by Crippen LogP contribution is -2.37. The Morgan fingerprint density at radius 3 is 2.23 bits per heavy atom. The molecule has 2 amide bonds. The Bertz CT molecular complexity index is 780. The molecule has 0 aromatic heterocycles. The van der Waals surface area contributed by atoms with E-state index in [1.807, 2.05) is 57.2 Å². The number of hydrogen-bond acceptors (Lipinski definition) is 3. The maximum Gasteiger partial charge on any atom is 0.260 e. The van der Waals surface area contributed by atoms with Crippen LogP contribution < -0.4 is 10.1 Å². The summed E-state index contributed by atoms with van der Waals surface area (Å²) in [5.74, 6) is 0.142. The van der Waals surface area contributed by atoms with Crippen LogP contribution in [0, 0.1) is 24.3 Å². The van der Waals surface area contributed by atoms with Crippen LogP contribution in [0.1, 0.15) is 16.7 Å². The van der Waals surface area contributed by atoms with Gasteiger partial charge in [0.1, 0.15) is 5.75 Å². The highest BCUT2D eigenvalue weighted by Crippen LogP contribution is 2.21. The van der Waals surface area contributed by atoms with E-state index in [0.29, 0.717) is 5.75 Å². The quantitative estimate of drug-likeness (QED) is 0.661. The minimum atomic E-state index is -0.254. The molecule has 2 aromatic carbocycles. The van der Waals surface area contributed by atoms with Crippen LogP contribution in [0.15, 0.2) is 36.4 Å². The number of halogens is 1. The van der Waals surface area contributed by atoms with Crippen LogP contribution in [-0.2, 0) is 9.59 Å². The fourth-order valence-corrected chi connectivity index (χ4v) is 3.01. The monoisotopic (exact) mass is 466 g/mol. The smallest absolute Gasteiger partial charge is 0.260 e. The molecule has 0 saturated heterocycles. The number of carbonyl (C=O) groups excluding carboxylic acids is 2. The van der Waals surface area contributed by atoms with Gasteiger partial charge in [-0.25, -0.2) is 0 Å². The van der Waals surface area contributed by atoms with Gasteiger partial charge >= 0.3 is 0 Å². The summed E-state index contributed by atoms with van der Waals surface area (Å²) in [4.78, 5) is 25.8. The van der Waals surface area contributed by atoms with Crippen LogP contribution in [0.25, 0.3) is 0 Å². The largest absolute Gasteiger partial charge is 0.484 e. The lowest BCUT2D eigenvalue weighted by atomic mass is 10.1. The highest BCUT2D eigenvalue weighted by atomic mass is 127. The summed E-state index contributed by atoms with van der Waals surface area (Å²) < 4.78 is 6.56. The summed E-state index contributed by atoms with van der Waals surface area (Å²) in [6.45, 7) is 5.80. The number of ether oxygens (including phenoxy) is 1. The van der Waals surface area contributed by atoms with Crippen molar-refractivity contribution in [2.45, 2.75) is 20.8 Å². The summed E-state index contributed by atoms with van der Waals surface area (Å²) in [5.41, 5.74) is 3.97. The molecule has 26 heavy (non-hydrogen) atoms. The minimum absolute atomic E-state index is 0.0262. The first-order valence-electron chi connectivity index (χ1n) is 8.26. The van der Waals surface area contributed by atoms with E-state index in [0.717, 1.165) is 25.9 Å².